The third-order valence-electron chi connectivity index (χ3n) is 1.52. The minimum atomic E-state index is -1.25. The van der Waals surface area contributed by atoms with E-state index in [1.54, 1.807) is 0 Å². The first-order chi connectivity index (χ1) is 6.61. The van der Waals surface area contributed by atoms with E-state index in [2.05, 4.69) is 9.72 Å². The van der Waals surface area contributed by atoms with E-state index in [9.17, 15) is 9.59 Å². The number of carboxylic acids is 1. The first-order valence-corrected chi connectivity index (χ1v) is 3.91. The predicted molar refractivity (Wildman–Crippen MR) is 46.4 cm³/mol. The van der Waals surface area contributed by atoms with Crippen LogP contribution in [0.1, 0.15) is 18.6 Å². The Morgan fingerprint density at radius 1 is 1.43 bits per heavy atom. The zero-order valence-electron chi connectivity index (χ0n) is 7.51. The number of carboxylic acid groups (broad SMARTS) is 1. The van der Waals surface area contributed by atoms with Crippen molar-refractivity contribution in [3.8, 4) is 0 Å². The summed E-state index contributed by atoms with van der Waals surface area (Å²) < 4.78 is 4.63. The van der Waals surface area contributed by atoms with E-state index < -0.39 is 18.0 Å². The Kier molecular flexibility index (Phi) is 3.17. The molecule has 1 heterocycles. The number of carbonyl (C=O) groups is 2. The quantitative estimate of drug-likeness (QED) is 0.721. The summed E-state index contributed by atoms with van der Waals surface area (Å²) in [7, 11) is 0. The topological polar surface area (TPSA) is 76.5 Å². The Morgan fingerprint density at radius 3 is 2.43 bits per heavy atom. The van der Waals surface area contributed by atoms with Crippen molar-refractivity contribution in [1.82, 2.24) is 4.98 Å². The number of pyridine rings is 1. The molecule has 0 fully saturated rings. The number of aliphatic carboxylic acids is 1. The highest BCUT2D eigenvalue weighted by Crippen LogP contribution is 2.16. The van der Waals surface area contributed by atoms with Gasteiger partial charge in [-0.05, 0) is 12.1 Å². The average Bonchev–Trinajstić information content (AvgIpc) is 2.15. The third-order valence-corrected chi connectivity index (χ3v) is 1.52. The molecule has 0 aliphatic rings. The molecule has 0 bridgehead atoms. The maximum atomic E-state index is 10.7. The molecule has 14 heavy (non-hydrogen) atoms. The molecule has 74 valence electrons. The van der Waals surface area contributed by atoms with Crippen molar-refractivity contribution in [3.05, 3.63) is 30.1 Å². The highest BCUT2D eigenvalue weighted by molar-refractivity contribution is 5.78. The van der Waals surface area contributed by atoms with Crippen LogP contribution in [0.2, 0.25) is 0 Å². The van der Waals surface area contributed by atoms with E-state index in [-0.39, 0.29) is 0 Å². The number of rotatable bonds is 3. The van der Waals surface area contributed by atoms with Crippen LogP contribution in [0, 0.1) is 0 Å². The van der Waals surface area contributed by atoms with E-state index in [1.165, 1.54) is 24.5 Å². The van der Waals surface area contributed by atoms with Crippen LogP contribution in [0.3, 0.4) is 0 Å². The summed E-state index contributed by atoms with van der Waals surface area (Å²) in [5.41, 5.74) is 0.391. The molecule has 0 saturated heterocycles. The summed E-state index contributed by atoms with van der Waals surface area (Å²) in [6.45, 7) is 1.16. The van der Waals surface area contributed by atoms with Crippen LogP contribution in [0.25, 0.3) is 0 Å². The molecular formula is C9H9NO4. The first kappa shape index (κ1) is 10.2. The molecule has 5 heteroatoms. The first-order valence-electron chi connectivity index (χ1n) is 3.91. The number of hydrogen-bond acceptors (Lipinski definition) is 4. The van der Waals surface area contributed by atoms with E-state index >= 15 is 0 Å². The Morgan fingerprint density at radius 2 is 2.00 bits per heavy atom. The second-order valence-corrected chi connectivity index (χ2v) is 2.61. The molecule has 0 saturated carbocycles. The van der Waals surface area contributed by atoms with Gasteiger partial charge < -0.3 is 9.84 Å². The largest absolute Gasteiger partial charge is 0.478 e. The molecule has 0 amide bonds. The minimum Gasteiger partial charge on any atom is -0.478 e. The monoisotopic (exact) mass is 195 g/mol. The molecule has 1 N–H and O–H groups in total. The lowest BCUT2D eigenvalue weighted by Gasteiger charge is -2.11. The second kappa shape index (κ2) is 4.36. The summed E-state index contributed by atoms with van der Waals surface area (Å²) in [6, 6.07) is 2.98. The van der Waals surface area contributed by atoms with E-state index in [0.717, 1.165) is 6.92 Å². The maximum Gasteiger partial charge on any atom is 0.349 e. The number of aromatic nitrogens is 1. The van der Waals surface area contributed by atoms with Crippen molar-refractivity contribution >= 4 is 11.9 Å². The summed E-state index contributed by atoms with van der Waals surface area (Å²) in [6.07, 6.45) is 1.62. The number of esters is 1. The van der Waals surface area contributed by atoms with E-state index in [1.807, 2.05) is 0 Å². The Balaban J connectivity index is 2.89. The highest BCUT2D eigenvalue weighted by atomic mass is 16.6. The fourth-order valence-electron chi connectivity index (χ4n) is 0.965. The SMILES string of the molecule is CC(=O)OC(C(=O)O)c1ccncc1. The molecule has 1 aromatic heterocycles. The fourth-order valence-corrected chi connectivity index (χ4v) is 0.965. The summed E-state index contributed by atoms with van der Waals surface area (Å²) in [5.74, 6) is -1.83. The average molecular weight is 195 g/mol. The molecule has 1 atom stereocenters. The maximum absolute atomic E-state index is 10.7. The van der Waals surface area contributed by atoms with Crippen molar-refractivity contribution in [2.75, 3.05) is 0 Å². The van der Waals surface area contributed by atoms with Gasteiger partial charge in [0, 0.05) is 24.9 Å². The smallest absolute Gasteiger partial charge is 0.349 e. The Labute approximate surface area is 80.3 Å². The van der Waals surface area contributed by atoms with Crippen molar-refractivity contribution in [3.63, 3.8) is 0 Å². The molecule has 0 radical (unpaired) electrons. The normalized spacial score (nSPS) is 11.8. The second-order valence-electron chi connectivity index (χ2n) is 2.61. The lowest BCUT2D eigenvalue weighted by Crippen LogP contribution is -2.17. The number of ether oxygens (including phenoxy) is 1. The van der Waals surface area contributed by atoms with Gasteiger partial charge in [-0.2, -0.15) is 0 Å². The lowest BCUT2D eigenvalue weighted by atomic mass is 10.1. The molecule has 0 spiro atoms. The van der Waals surface area contributed by atoms with Crippen LogP contribution in [0.5, 0.6) is 0 Å². The third kappa shape index (κ3) is 2.55. The van der Waals surface area contributed by atoms with Gasteiger partial charge in [0.15, 0.2) is 0 Å². The van der Waals surface area contributed by atoms with Crippen LogP contribution in [0.15, 0.2) is 24.5 Å². The Hall–Kier alpha value is -1.91. The summed E-state index contributed by atoms with van der Waals surface area (Å²) >= 11 is 0. The van der Waals surface area contributed by atoms with Gasteiger partial charge in [-0.1, -0.05) is 0 Å². The molecule has 1 rings (SSSR count). The van der Waals surface area contributed by atoms with Crippen LogP contribution in [-0.2, 0) is 14.3 Å². The number of hydrogen-bond donors (Lipinski definition) is 1. The highest BCUT2D eigenvalue weighted by Gasteiger charge is 2.22. The molecule has 1 aromatic rings. The number of carbonyl (C=O) groups excluding carboxylic acids is 1. The van der Waals surface area contributed by atoms with Gasteiger partial charge in [-0.15, -0.1) is 0 Å². The standard InChI is InChI=1S/C9H9NO4/c1-6(11)14-8(9(12)13)7-2-4-10-5-3-7/h2-5,8H,1H3,(H,12,13). The van der Waals surface area contributed by atoms with Gasteiger partial charge in [0.25, 0.3) is 0 Å². The van der Waals surface area contributed by atoms with Crippen LogP contribution in [0.4, 0.5) is 0 Å². The fraction of sp³-hybridized carbons (Fsp3) is 0.222. The molecule has 1 unspecified atom stereocenters. The summed E-state index contributed by atoms with van der Waals surface area (Å²) in [4.78, 5) is 25.1. The van der Waals surface area contributed by atoms with Crippen LogP contribution < -0.4 is 0 Å². The van der Waals surface area contributed by atoms with E-state index in [4.69, 9.17) is 5.11 Å². The van der Waals surface area contributed by atoms with Gasteiger partial charge in [0.1, 0.15) is 0 Å². The van der Waals surface area contributed by atoms with Gasteiger partial charge >= 0.3 is 11.9 Å². The molecular weight excluding hydrogens is 186 g/mol. The minimum absolute atomic E-state index is 0.391. The van der Waals surface area contributed by atoms with Crippen LogP contribution in [-0.4, -0.2) is 22.0 Å². The molecule has 0 aromatic carbocycles. The van der Waals surface area contributed by atoms with Crippen molar-refractivity contribution in [2.45, 2.75) is 13.0 Å². The van der Waals surface area contributed by atoms with E-state index in [0.29, 0.717) is 5.56 Å². The van der Waals surface area contributed by atoms with Gasteiger partial charge in [0.05, 0.1) is 0 Å². The zero-order valence-corrected chi connectivity index (χ0v) is 7.51. The van der Waals surface area contributed by atoms with Crippen molar-refractivity contribution in [2.24, 2.45) is 0 Å². The van der Waals surface area contributed by atoms with Gasteiger partial charge in [0.2, 0.25) is 6.10 Å². The molecule has 5 nitrogen and oxygen atoms in total. The predicted octanol–water partition coefficient (Wildman–Crippen LogP) is 0.770. The number of nitrogens with zero attached hydrogens (tertiary/aromatic N) is 1. The molecule has 0 aliphatic carbocycles. The summed E-state index contributed by atoms with van der Waals surface area (Å²) in [5, 5.41) is 8.78. The Bertz CT molecular complexity index is 336. The zero-order chi connectivity index (χ0) is 10.6. The van der Waals surface area contributed by atoms with Crippen molar-refractivity contribution in [1.29, 1.82) is 0 Å². The van der Waals surface area contributed by atoms with Crippen LogP contribution >= 0.6 is 0 Å². The van der Waals surface area contributed by atoms with Gasteiger partial charge in [-0.25, -0.2) is 4.79 Å². The van der Waals surface area contributed by atoms with Crippen molar-refractivity contribution < 1.29 is 19.4 Å². The lowest BCUT2D eigenvalue weighted by molar-refractivity contribution is -0.163. The molecule has 0 aliphatic heterocycles. The van der Waals surface area contributed by atoms with Gasteiger partial charge in [-0.3, -0.25) is 9.78 Å².